The number of benzene rings is 2. The van der Waals surface area contributed by atoms with Gasteiger partial charge in [-0.05, 0) is 38.1 Å². The molecule has 23 heavy (non-hydrogen) atoms. The Bertz CT molecular complexity index is 671. The van der Waals surface area contributed by atoms with E-state index in [0.717, 1.165) is 0 Å². The fourth-order valence-electron chi connectivity index (χ4n) is 2.21. The third-order valence-corrected chi connectivity index (χ3v) is 3.24. The van der Waals surface area contributed by atoms with Crippen LogP contribution in [0.25, 0.3) is 0 Å². The number of rotatable bonds is 5. The molecule has 2 rings (SSSR count). The largest absolute Gasteiger partial charge is 0.492 e. The van der Waals surface area contributed by atoms with Crippen LogP contribution in [-0.4, -0.2) is 25.0 Å². The average molecular weight is 312 g/mol. The van der Waals surface area contributed by atoms with Crippen LogP contribution in [0.4, 0.5) is 11.4 Å². The van der Waals surface area contributed by atoms with Crippen molar-refractivity contribution in [3.05, 3.63) is 54.6 Å². The van der Waals surface area contributed by atoms with Crippen molar-refractivity contribution in [1.29, 1.82) is 0 Å². The van der Waals surface area contributed by atoms with E-state index in [1.807, 2.05) is 32.0 Å². The van der Waals surface area contributed by atoms with Crippen LogP contribution in [0.5, 0.6) is 5.75 Å². The van der Waals surface area contributed by atoms with Gasteiger partial charge in [0, 0.05) is 12.2 Å². The number of anilines is 2. The van der Waals surface area contributed by atoms with E-state index in [1.165, 1.54) is 4.90 Å². The molecule has 0 unspecified atom stereocenters. The number of likely N-dealkylation sites (N-methyl/N-ethyl adjacent to an activating group) is 1. The van der Waals surface area contributed by atoms with Gasteiger partial charge in [-0.25, -0.2) is 0 Å². The molecular weight excluding hydrogens is 292 g/mol. The normalized spacial score (nSPS) is 10.0. The summed E-state index contributed by atoms with van der Waals surface area (Å²) < 4.78 is 5.54. The van der Waals surface area contributed by atoms with Gasteiger partial charge >= 0.3 is 11.8 Å². The second-order valence-corrected chi connectivity index (χ2v) is 4.77. The molecule has 0 aliphatic rings. The Balaban J connectivity index is 2.20. The van der Waals surface area contributed by atoms with Gasteiger partial charge in [-0.2, -0.15) is 0 Å². The number of carbonyl (C=O) groups is 2. The lowest BCUT2D eigenvalue weighted by molar-refractivity contribution is -0.134. The molecule has 0 heterocycles. The Labute approximate surface area is 135 Å². The number of hydrogen-bond donors (Lipinski definition) is 1. The molecule has 2 aromatic carbocycles. The maximum atomic E-state index is 12.5. The summed E-state index contributed by atoms with van der Waals surface area (Å²) in [6.45, 7) is 4.54. The molecule has 0 bridgehead atoms. The first-order valence-corrected chi connectivity index (χ1v) is 7.57. The van der Waals surface area contributed by atoms with E-state index in [9.17, 15) is 9.59 Å². The molecule has 0 fully saturated rings. The summed E-state index contributed by atoms with van der Waals surface area (Å²) in [6, 6.07) is 16.1. The maximum absolute atomic E-state index is 12.5. The topological polar surface area (TPSA) is 58.6 Å². The molecule has 5 nitrogen and oxygen atoms in total. The number of hydrogen-bond acceptors (Lipinski definition) is 3. The average Bonchev–Trinajstić information content (AvgIpc) is 2.58. The van der Waals surface area contributed by atoms with Gasteiger partial charge in [-0.15, -0.1) is 0 Å². The number of nitrogens with zero attached hydrogens (tertiary/aromatic N) is 1. The van der Waals surface area contributed by atoms with E-state index >= 15 is 0 Å². The molecule has 0 atom stereocenters. The number of para-hydroxylation sites is 3. The fourth-order valence-corrected chi connectivity index (χ4v) is 2.21. The zero-order chi connectivity index (χ0) is 16.7. The van der Waals surface area contributed by atoms with E-state index in [4.69, 9.17) is 4.74 Å². The molecule has 0 saturated heterocycles. The third kappa shape index (κ3) is 4.10. The van der Waals surface area contributed by atoms with Crippen molar-refractivity contribution in [1.82, 2.24) is 0 Å². The first kappa shape index (κ1) is 16.5. The van der Waals surface area contributed by atoms with E-state index < -0.39 is 11.8 Å². The van der Waals surface area contributed by atoms with Gasteiger partial charge in [0.25, 0.3) is 0 Å². The monoisotopic (exact) mass is 312 g/mol. The van der Waals surface area contributed by atoms with Gasteiger partial charge in [0.05, 0.1) is 12.3 Å². The van der Waals surface area contributed by atoms with Gasteiger partial charge < -0.3 is 15.0 Å². The standard InChI is InChI=1S/C18H20N2O3/c1-3-20(15-12-8-9-13-16(15)23-4-2)18(22)17(21)19-14-10-6-5-7-11-14/h5-13H,3-4H2,1-2H3,(H,19,21). The van der Waals surface area contributed by atoms with Crippen LogP contribution in [0.2, 0.25) is 0 Å². The minimum absolute atomic E-state index is 0.366. The van der Waals surface area contributed by atoms with E-state index in [2.05, 4.69) is 5.32 Å². The van der Waals surface area contributed by atoms with E-state index in [-0.39, 0.29) is 0 Å². The Kier molecular flexibility index (Phi) is 5.74. The van der Waals surface area contributed by atoms with Crippen molar-refractivity contribution in [2.24, 2.45) is 0 Å². The molecule has 2 aromatic rings. The predicted molar refractivity (Wildman–Crippen MR) is 90.7 cm³/mol. The van der Waals surface area contributed by atoms with E-state index in [1.54, 1.807) is 36.4 Å². The Hall–Kier alpha value is -2.82. The molecule has 1 N–H and O–H groups in total. The van der Waals surface area contributed by atoms with Crippen LogP contribution in [-0.2, 0) is 9.59 Å². The van der Waals surface area contributed by atoms with Crippen molar-refractivity contribution >= 4 is 23.2 Å². The number of amides is 2. The van der Waals surface area contributed by atoms with Crippen molar-refractivity contribution in [3.63, 3.8) is 0 Å². The molecule has 0 spiro atoms. The molecule has 120 valence electrons. The lowest BCUT2D eigenvalue weighted by atomic mass is 10.2. The molecule has 5 heteroatoms. The highest BCUT2D eigenvalue weighted by atomic mass is 16.5. The van der Waals surface area contributed by atoms with Crippen molar-refractivity contribution < 1.29 is 14.3 Å². The lowest BCUT2D eigenvalue weighted by Gasteiger charge is -2.22. The van der Waals surface area contributed by atoms with Crippen LogP contribution < -0.4 is 15.0 Å². The number of nitrogens with one attached hydrogen (secondary N) is 1. The molecule has 0 radical (unpaired) electrons. The highest BCUT2D eigenvalue weighted by Crippen LogP contribution is 2.28. The van der Waals surface area contributed by atoms with Crippen LogP contribution in [0.15, 0.2) is 54.6 Å². The van der Waals surface area contributed by atoms with Gasteiger partial charge in [0.1, 0.15) is 5.75 Å². The van der Waals surface area contributed by atoms with Crippen molar-refractivity contribution in [2.75, 3.05) is 23.4 Å². The van der Waals surface area contributed by atoms with Crippen LogP contribution >= 0.6 is 0 Å². The van der Waals surface area contributed by atoms with Crippen molar-refractivity contribution in [3.8, 4) is 5.75 Å². The minimum atomic E-state index is -0.677. The summed E-state index contributed by atoms with van der Waals surface area (Å²) in [5.74, 6) is -0.717. The summed E-state index contributed by atoms with van der Waals surface area (Å²) in [5.41, 5.74) is 1.17. The Morgan fingerprint density at radius 1 is 1.00 bits per heavy atom. The van der Waals surface area contributed by atoms with Gasteiger partial charge in [0.2, 0.25) is 0 Å². The molecule has 0 aliphatic carbocycles. The Morgan fingerprint density at radius 2 is 1.65 bits per heavy atom. The number of ether oxygens (including phenoxy) is 1. The lowest BCUT2D eigenvalue weighted by Crippen LogP contribution is -2.40. The summed E-state index contributed by atoms with van der Waals surface area (Å²) >= 11 is 0. The fraction of sp³-hybridized carbons (Fsp3) is 0.222. The molecule has 2 amide bonds. The summed E-state index contributed by atoms with van der Waals surface area (Å²) in [5, 5.41) is 2.61. The second kappa shape index (κ2) is 7.98. The maximum Gasteiger partial charge on any atom is 0.316 e. The van der Waals surface area contributed by atoms with Gasteiger partial charge in [-0.3, -0.25) is 9.59 Å². The molecule has 0 aromatic heterocycles. The zero-order valence-corrected chi connectivity index (χ0v) is 13.3. The highest BCUT2D eigenvalue weighted by Gasteiger charge is 2.24. The second-order valence-electron chi connectivity index (χ2n) is 4.77. The third-order valence-electron chi connectivity index (χ3n) is 3.24. The van der Waals surface area contributed by atoms with Gasteiger partial charge in [-0.1, -0.05) is 30.3 Å². The first-order chi connectivity index (χ1) is 11.2. The Morgan fingerprint density at radius 3 is 2.30 bits per heavy atom. The first-order valence-electron chi connectivity index (χ1n) is 7.57. The van der Waals surface area contributed by atoms with E-state index in [0.29, 0.717) is 30.3 Å². The minimum Gasteiger partial charge on any atom is -0.492 e. The predicted octanol–water partition coefficient (Wildman–Crippen LogP) is 3.08. The SMILES string of the molecule is CCOc1ccccc1N(CC)C(=O)C(=O)Nc1ccccc1. The van der Waals surface area contributed by atoms with Gasteiger partial charge in [0.15, 0.2) is 0 Å². The summed E-state index contributed by atoms with van der Waals surface area (Å²) in [7, 11) is 0. The molecule has 0 saturated carbocycles. The van der Waals surface area contributed by atoms with Crippen LogP contribution in [0.3, 0.4) is 0 Å². The van der Waals surface area contributed by atoms with Crippen LogP contribution in [0.1, 0.15) is 13.8 Å². The summed E-state index contributed by atoms with van der Waals surface area (Å²) in [6.07, 6.45) is 0. The zero-order valence-electron chi connectivity index (χ0n) is 13.3. The van der Waals surface area contributed by atoms with Crippen LogP contribution in [0, 0.1) is 0 Å². The van der Waals surface area contributed by atoms with Crippen molar-refractivity contribution in [2.45, 2.75) is 13.8 Å². The molecule has 0 aliphatic heterocycles. The number of carbonyl (C=O) groups excluding carboxylic acids is 2. The summed E-state index contributed by atoms with van der Waals surface area (Å²) in [4.78, 5) is 26.1. The quantitative estimate of drug-likeness (QED) is 0.863. The smallest absolute Gasteiger partial charge is 0.316 e. The molecular formula is C18H20N2O3. The highest BCUT2D eigenvalue weighted by molar-refractivity contribution is 6.44.